The highest BCUT2D eigenvalue weighted by atomic mass is 35.5. The van der Waals surface area contributed by atoms with Crippen molar-refractivity contribution in [1.29, 1.82) is 0 Å². The second-order valence-corrected chi connectivity index (χ2v) is 2.96. The van der Waals surface area contributed by atoms with E-state index >= 15 is 0 Å². The number of hydrogen-bond donors (Lipinski definition) is 1. The first-order valence-electron chi connectivity index (χ1n) is 3.74. The quantitative estimate of drug-likeness (QED) is 0.660. The van der Waals surface area contributed by atoms with Gasteiger partial charge in [-0.2, -0.15) is 0 Å². The Bertz CT molecular complexity index is 206. The van der Waals surface area contributed by atoms with Gasteiger partial charge in [0.05, 0.1) is 12.3 Å². The number of oxime groups is 1. The van der Waals surface area contributed by atoms with Gasteiger partial charge in [0.1, 0.15) is 12.0 Å². The van der Waals surface area contributed by atoms with Crippen LogP contribution in [0, 0.1) is 0 Å². The Balaban J connectivity index is 2.14. The van der Waals surface area contributed by atoms with Crippen molar-refractivity contribution in [2.24, 2.45) is 5.16 Å². The topological polar surface area (TPSA) is 50.7 Å². The number of rotatable bonds is 3. The summed E-state index contributed by atoms with van der Waals surface area (Å²) in [5, 5.41) is 6.38. The van der Waals surface area contributed by atoms with E-state index < -0.39 is 0 Å². The van der Waals surface area contributed by atoms with Crippen molar-refractivity contribution < 1.29 is 9.63 Å². The van der Waals surface area contributed by atoms with Crippen molar-refractivity contribution in [2.45, 2.75) is 19.4 Å². The molecule has 0 aliphatic carbocycles. The molecule has 1 rings (SSSR count). The fraction of sp³-hybridized carbons (Fsp3) is 0.714. The third-order valence-corrected chi connectivity index (χ3v) is 1.77. The number of hydrogen-bond acceptors (Lipinski definition) is 3. The van der Waals surface area contributed by atoms with Crippen LogP contribution in [0.1, 0.15) is 13.3 Å². The fourth-order valence-corrected chi connectivity index (χ4v) is 1.05. The Morgan fingerprint density at radius 1 is 1.92 bits per heavy atom. The van der Waals surface area contributed by atoms with Crippen LogP contribution in [0.5, 0.6) is 0 Å². The highest BCUT2D eigenvalue weighted by Crippen LogP contribution is 2.08. The number of nitrogens with one attached hydrogen (secondary N) is 1. The van der Waals surface area contributed by atoms with Crippen LogP contribution in [0.3, 0.4) is 0 Å². The molecule has 1 unspecified atom stereocenters. The molecule has 1 aliphatic heterocycles. The Morgan fingerprint density at radius 2 is 2.67 bits per heavy atom. The molecular formula is C7H11ClN2O2. The maximum Gasteiger partial charge on any atom is 0.235 e. The molecule has 68 valence electrons. The lowest BCUT2D eigenvalue weighted by molar-refractivity contribution is -0.119. The van der Waals surface area contributed by atoms with Gasteiger partial charge in [-0.25, -0.2) is 0 Å². The lowest BCUT2D eigenvalue weighted by Crippen LogP contribution is -2.32. The number of nitrogens with zero attached hydrogens (tertiary/aromatic N) is 1. The number of carbonyl (C=O) groups excluding carboxylic acids is 1. The first-order valence-corrected chi connectivity index (χ1v) is 4.27. The van der Waals surface area contributed by atoms with Gasteiger partial charge in [-0.3, -0.25) is 4.79 Å². The van der Waals surface area contributed by atoms with Gasteiger partial charge >= 0.3 is 0 Å². The van der Waals surface area contributed by atoms with Crippen LogP contribution in [0.25, 0.3) is 0 Å². The molecule has 1 heterocycles. The minimum atomic E-state index is -0.176. The predicted molar refractivity (Wildman–Crippen MR) is 46.3 cm³/mol. The average molecular weight is 191 g/mol. The summed E-state index contributed by atoms with van der Waals surface area (Å²) < 4.78 is 0. The Labute approximate surface area is 75.9 Å². The normalized spacial score (nSPS) is 21.5. The summed E-state index contributed by atoms with van der Waals surface area (Å²) in [6, 6.07) is 0. The van der Waals surface area contributed by atoms with Crippen molar-refractivity contribution in [3.63, 3.8) is 0 Å². The van der Waals surface area contributed by atoms with E-state index in [0.717, 1.165) is 12.1 Å². The predicted octanol–water partition coefficient (Wildman–Crippen LogP) is 0.506. The van der Waals surface area contributed by atoms with E-state index in [1.54, 1.807) is 0 Å². The van der Waals surface area contributed by atoms with Crippen LogP contribution in [0.4, 0.5) is 0 Å². The highest BCUT2D eigenvalue weighted by molar-refractivity contribution is 6.27. The van der Waals surface area contributed by atoms with Crippen LogP contribution >= 0.6 is 11.6 Å². The van der Waals surface area contributed by atoms with Gasteiger partial charge in [0.2, 0.25) is 5.91 Å². The first-order chi connectivity index (χ1) is 5.72. The molecule has 0 spiro atoms. The molecule has 0 bridgehead atoms. The van der Waals surface area contributed by atoms with E-state index in [4.69, 9.17) is 16.4 Å². The van der Waals surface area contributed by atoms with E-state index in [0.29, 0.717) is 6.54 Å². The summed E-state index contributed by atoms with van der Waals surface area (Å²) in [7, 11) is 0. The zero-order valence-electron chi connectivity index (χ0n) is 6.84. The summed E-state index contributed by atoms with van der Waals surface area (Å²) in [6.45, 7) is 2.37. The molecular weight excluding hydrogens is 180 g/mol. The summed E-state index contributed by atoms with van der Waals surface area (Å²) in [5.41, 5.74) is 0.958. The van der Waals surface area contributed by atoms with E-state index in [2.05, 4.69) is 10.5 Å². The van der Waals surface area contributed by atoms with Crippen LogP contribution in [-0.4, -0.2) is 30.1 Å². The van der Waals surface area contributed by atoms with Gasteiger partial charge in [-0.15, -0.1) is 11.6 Å². The summed E-state index contributed by atoms with van der Waals surface area (Å²) in [6.07, 6.45) is 0.764. The molecule has 0 fully saturated rings. The molecule has 5 heteroatoms. The zero-order chi connectivity index (χ0) is 8.97. The minimum absolute atomic E-state index is 0.00738. The molecule has 12 heavy (non-hydrogen) atoms. The molecule has 0 saturated carbocycles. The van der Waals surface area contributed by atoms with E-state index in [1.165, 1.54) is 0 Å². The second-order valence-electron chi connectivity index (χ2n) is 2.70. The standard InChI is InChI=1S/C7H11ClN2O2/c1-5-2-6(12-10-5)4-9-7(11)3-8/h6H,2-4H2,1H3,(H,9,11). The van der Waals surface area contributed by atoms with Gasteiger partial charge < -0.3 is 10.2 Å². The maximum absolute atomic E-state index is 10.7. The van der Waals surface area contributed by atoms with E-state index in [9.17, 15) is 4.79 Å². The summed E-state index contributed by atoms with van der Waals surface area (Å²) in [5.74, 6) is -0.183. The molecule has 4 nitrogen and oxygen atoms in total. The van der Waals surface area contributed by atoms with Gasteiger partial charge in [-0.05, 0) is 6.92 Å². The molecule has 0 radical (unpaired) electrons. The van der Waals surface area contributed by atoms with Gasteiger partial charge in [0.15, 0.2) is 0 Å². The van der Waals surface area contributed by atoms with Crippen molar-refractivity contribution >= 4 is 23.2 Å². The molecule has 1 aliphatic rings. The summed E-state index contributed by atoms with van der Waals surface area (Å²) >= 11 is 5.28. The fourth-order valence-electron chi connectivity index (χ4n) is 0.953. The highest BCUT2D eigenvalue weighted by Gasteiger charge is 2.17. The van der Waals surface area contributed by atoms with Gasteiger partial charge in [0, 0.05) is 6.42 Å². The third kappa shape index (κ3) is 2.70. The van der Waals surface area contributed by atoms with Crippen LogP contribution in [0.2, 0.25) is 0 Å². The van der Waals surface area contributed by atoms with Crippen LogP contribution < -0.4 is 5.32 Å². The van der Waals surface area contributed by atoms with Crippen molar-refractivity contribution in [1.82, 2.24) is 5.32 Å². The number of amides is 1. The molecule has 0 aromatic heterocycles. The van der Waals surface area contributed by atoms with Gasteiger partial charge in [0.25, 0.3) is 0 Å². The number of carbonyl (C=O) groups is 1. The average Bonchev–Trinajstić information content (AvgIpc) is 2.47. The number of halogens is 1. The smallest absolute Gasteiger partial charge is 0.235 e. The lowest BCUT2D eigenvalue weighted by Gasteiger charge is -2.07. The molecule has 0 saturated heterocycles. The van der Waals surface area contributed by atoms with Crippen molar-refractivity contribution in [3.05, 3.63) is 0 Å². The SMILES string of the molecule is CC1=NOC(CNC(=O)CCl)C1. The van der Waals surface area contributed by atoms with Crippen LogP contribution in [0.15, 0.2) is 5.16 Å². The van der Waals surface area contributed by atoms with Crippen molar-refractivity contribution in [3.8, 4) is 0 Å². The number of alkyl halides is 1. The molecule has 0 aromatic rings. The van der Waals surface area contributed by atoms with E-state index in [-0.39, 0.29) is 17.9 Å². The lowest BCUT2D eigenvalue weighted by atomic mass is 10.2. The van der Waals surface area contributed by atoms with E-state index in [1.807, 2.05) is 6.92 Å². The van der Waals surface area contributed by atoms with Gasteiger partial charge in [-0.1, -0.05) is 5.16 Å². The zero-order valence-corrected chi connectivity index (χ0v) is 7.60. The minimum Gasteiger partial charge on any atom is -0.390 e. The molecule has 1 N–H and O–H groups in total. The molecule has 1 amide bonds. The first kappa shape index (κ1) is 9.32. The Hall–Kier alpha value is -0.770. The Morgan fingerprint density at radius 3 is 3.17 bits per heavy atom. The molecule has 1 atom stereocenters. The monoisotopic (exact) mass is 190 g/mol. The van der Waals surface area contributed by atoms with Crippen molar-refractivity contribution in [2.75, 3.05) is 12.4 Å². The summed E-state index contributed by atoms with van der Waals surface area (Å²) in [4.78, 5) is 15.7. The Kier molecular flexibility index (Phi) is 3.34. The van der Waals surface area contributed by atoms with Crippen LogP contribution in [-0.2, 0) is 9.63 Å². The molecule has 0 aromatic carbocycles. The third-order valence-electron chi connectivity index (χ3n) is 1.53. The maximum atomic E-state index is 10.7. The second kappa shape index (κ2) is 4.30. The largest absolute Gasteiger partial charge is 0.390 e.